The van der Waals surface area contributed by atoms with Gasteiger partial charge in [0.2, 0.25) is 0 Å². The van der Waals surface area contributed by atoms with Gasteiger partial charge in [-0.3, -0.25) is 14.2 Å². The molecule has 1 amide bonds. The quantitative estimate of drug-likeness (QED) is 0.875. The predicted octanol–water partition coefficient (Wildman–Crippen LogP) is 1.31. The van der Waals surface area contributed by atoms with Crippen molar-refractivity contribution in [3.05, 3.63) is 29.8 Å². The zero-order valence-electron chi connectivity index (χ0n) is 14.4. The van der Waals surface area contributed by atoms with Crippen molar-refractivity contribution in [2.24, 2.45) is 5.92 Å². The summed E-state index contributed by atoms with van der Waals surface area (Å²) >= 11 is 0. The van der Waals surface area contributed by atoms with Crippen LogP contribution in [0.5, 0.6) is 0 Å². The predicted molar refractivity (Wildman–Crippen MR) is 88.2 cm³/mol. The topological polar surface area (TPSA) is 106 Å². The first kappa shape index (κ1) is 17.1. The summed E-state index contributed by atoms with van der Waals surface area (Å²) in [5.74, 6) is -0.878. The molecule has 1 aliphatic rings. The molecule has 0 bridgehead atoms. The summed E-state index contributed by atoms with van der Waals surface area (Å²) in [7, 11) is 0. The van der Waals surface area contributed by atoms with Gasteiger partial charge in [0.15, 0.2) is 5.69 Å². The van der Waals surface area contributed by atoms with E-state index in [0.29, 0.717) is 18.7 Å². The highest BCUT2D eigenvalue weighted by atomic mass is 16.4. The van der Waals surface area contributed by atoms with E-state index in [-0.39, 0.29) is 23.6 Å². The Balaban J connectivity index is 1.63. The van der Waals surface area contributed by atoms with Crippen molar-refractivity contribution in [2.45, 2.75) is 39.3 Å². The van der Waals surface area contributed by atoms with Crippen LogP contribution in [0.1, 0.15) is 53.6 Å². The normalized spacial score (nSPS) is 17.9. The third-order valence-electron chi connectivity index (χ3n) is 4.39. The lowest BCUT2D eigenvalue weighted by Gasteiger charge is -2.32. The summed E-state index contributed by atoms with van der Waals surface area (Å²) in [6, 6.07) is 0.214. The number of aromatic carboxylic acids is 1. The van der Waals surface area contributed by atoms with E-state index in [1.54, 1.807) is 21.8 Å². The summed E-state index contributed by atoms with van der Waals surface area (Å²) in [5.41, 5.74) is 0.535. The highest BCUT2D eigenvalue weighted by Gasteiger charge is 2.26. The van der Waals surface area contributed by atoms with Crippen molar-refractivity contribution in [3.8, 4) is 0 Å². The Labute approximate surface area is 145 Å². The average Bonchev–Trinajstić information content (AvgIpc) is 3.24. The van der Waals surface area contributed by atoms with E-state index in [0.717, 1.165) is 19.4 Å². The molecule has 1 aliphatic heterocycles. The van der Waals surface area contributed by atoms with Gasteiger partial charge in [-0.25, -0.2) is 4.79 Å². The number of amides is 1. The van der Waals surface area contributed by atoms with E-state index in [1.165, 1.54) is 6.20 Å². The van der Waals surface area contributed by atoms with Crippen LogP contribution in [0.2, 0.25) is 0 Å². The van der Waals surface area contributed by atoms with E-state index in [9.17, 15) is 9.59 Å². The molecule has 25 heavy (non-hydrogen) atoms. The summed E-state index contributed by atoms with van der Waals surface area (Å²) in [5, 5.41) is 20.6. The van der Waals surface area contributed by atoms with Gasteiger partial charge in [-0.15, -0.1) is 5.10 Å². The Morgan fingerprint density at radius 3 is 2.80 bits per heavy atom. The maximum Gasteiger partial charge on any atom is 0.358 e. The van der Waals surface area contributed by atoms with Gasteiger partial charge in [0, 0.05) is 31.9 Å². The lowest BCUT2D eigenvalue weighted by atomic mass is 9.97. The Morgan fingerprint density at radius 2 is 2.16 bits per heavy atom. The minimum absolute atomic E-state index is 0.0126. The summed E-state index contributed by atoms with van der Waals surface area (Å²) in [6.07, 6.45) is 6.71. The van der Waals surface area contributed by atoms with Crippen molar-refractivity contribution in [3.63, 3.8) is 0 Å². The number of likely N-dealkylation sites (tertiary alicyclic amines) is 1. The molecule has 0 saturated carbocycles. The number of carbonyl (C=O) groups is 2. The maximum atomic E-state index is 12.7. The molecule has 2 aromatic rings. The van der Waals surface area contributed by atoms with Crippen LogP contribution in [0, 0.1) is 5.92 Å². The maximum absolute atomic E-state index is 12.7. The van der Waals surface area contributed by atoms with Crippen LogP contribution in [0.25, 0.3) is 0 Å². The number of carbonyl (C=O) groups excluding carboxylic acids is 1. The standard InChI is InChI=1S/C16H22N6O3/c1-11(2)22-9-13(6-17-22)15(23)20-5-3-4-12(7-20)8-21-10-14(16(24)25)18-19-21/h6,9-12H,3-5,7-8H2,1-2H3,(H,24,25)/t12-/m0/s1. The van der Waals surface area contributed by atoms with E-state index in [1.807, 2.05) is 18.7 Å². The molecule has 1 atom stereocenters. The van der Waals surface area contributed by atoms with Crippen LogP contribution in [-0.2, 0) is 6.54 Å². The molecule has 1 saturated heterocycles. The number of carboxylic acid groups (broad SMARTS) is 1. The number of carboxylic acids is 1. The third-order valence-corrected chi connectivity index (χ3v) is 4.39. The number of aromatic nitrogens is 5. The van der Waals surface area contributed by atoms with Gasteiger partial charge in [0.05, 0.1) is 18.0 Å². The van der Waals surface area contributed by atoms with Gasteiger partial charge in [-0.1, -0.05) is 5.21 Å². The molecule has 0 radical (unpaired) electrons. The molecule has 9 heteroatoms. The Morgan fingerprint density at radius 1 is 1.36 bits per heavy atom. The molecular formula is C16H22N6O3. The number of rotatable bonds is 5. The monoisotopic (exact) mass is 346 g/mol. The highest BCUT2D eigenvalue weighted by Crippen LogP contribution is 2.20. The molecule has 3 heterocycles. The number of hydrogen-bond acceptors (Lipinski definition) is 5. The molecule has 3 rings (SSSR count). The molecule has 9 nitrogen and oxygen atoms in total. The van der Waals surface area contributed by atoms with E-state index >= 15 is 0 Å². The number of nitrogens with zero attached hydrogens (tertiary/aromatic N) is 6. The second-order valence-corrected chi connectivity index (χ2v) is 6.69. The van der Waals surface area contributed by atoms with Gasteiger partial charge in [-0.2, -0.15) is 5.10 Å². The zero-order valence-corrected chi connectivity index (χ0v) is 14.4. The Hall–Kier alpha value is -2.71. The van der Waals surface area contributed by atoms with E-state index in [4.69, 9.17) is 5.11 Å². The van der Waals surface area contributed by atoms with Gasteiger partial charge >= 0.3 is 5.97 Å². The van der Waals surface area contributed by atoms with Gasteiger partial charge in [0.1, 0.15) is 0 Å². The zero-order chi connectivity index (χ0) is 18.0. The third kappa shape index (κ3) is 3.86. The van der Waals surface area contributed by atoms with Crippen LogP contribution >= 0.6 is 0 Å². The molecular weight excluding hydrogens is 324 g/mol. The molecule has 134 valence electrons. The van der Waals surface area contributed by atoms with Crippen LogP contribution in [-0.4, -0.2) is 59.7 Å². The fourth-order valence-electron chi connectivity index (χ4n) is 3.06. The van der Waals surface area contributed by atoms with E-state index < -0.39 is 5.97 Å². The first-order valence-electron chi connectivity index (χ1n) is 8.41. The van der Waals surface area contributed by atoms with Crippen LogP contribution < -0.4 is 0 Å². The fraction of sp³-hybridized carbons (Fsp3) is 0.562. The minimum atomic E-state index is -1.09. The number of piperidine rings is 1. The molecule has 1 N–H and O–H groups in total. The lowest BCUT2D eigenvalue weighted by Crippen LogP contribution is -2.41. The molecule has 0 aliphatic carbocycles. The van der Waals surface area contributed by atoms with Gasteiger partial charge in [-0.05, 0) is 32.6 Å². The molecule has 1 fully saturated rings. The van der Waals surface area contributed by atoms with E-state index in [2.05, 4.69) is 15.4 Å². The highest BCUT2D eigenvalue weighted by molar-refractivity contribution is 5.93. The van der Waals surface area contributed by atoms with Gasteiger partial charge < -0.3 is 10.0 Å². The van der Waals surface area contributed by atoms with Crippen molar-refractivity contribution >= 4 is 11.9 Å². The molecule has 2 aromatic heterocycles. The van der Waals surface area contributed by atoms with Crippen LogP contribution in [0.3, 0.4) is 0 Å². The summed E-state index contributed by atoms with van der Waals surface area (Å²) in [4.78, 5) is 25.4. The fourth-order valence-corrected chi connectivity index (χ4v) is 3.06. The second-order valence-electron chi connectivity index (χ2n) is 6.69. The van der Waals surface area contributed by atoms with Crippen molar-refractivity contribution in [2.75, 3.05) is 13.1 Å². The minimum Gasteiger partial charge on any atom is -0.476 e. The molecule has 0 unspecified atom stereocenters. The lowest BCUT2D eigenvalue weighted by molar-refractivity contribution is 0.0658. The van der Waals surface area contributed by atoms with Crippen LogP contribution in [0.4, 0.5) is 0 Å². The number of hydrogen-bond donors (Lipinski definition) is 1. The molecule has 0 spiro atoms. The Kier molecular flexibility index (Phi) is 4.82. The van der Waals surface area contributed by atoms with Crippen molar-refractivity contribution in [1.82, 2.24) is 29.7 Å². The average molecular weight is 346 g/mol. The van der Waals surface area contributed by atoms with Gasteiger partial charge in [0.25, 0.3) is 5.91 Å². The SMILES string of the molecule is CC(C)n1cc(C(=O)N2CCC[C@H](Cn3cc(C(=O)O)nn3)C2)cn1. The smallest absolute Gasteiger partial charge is 0.358 e. The summed E-state index contributed by atoms with van der Waals surface area (Å²) in [6.45, 7) is 5.92. The Bertz CT molecular complexity index is 766. The first-order valence-corrected chi connectivity index (χ1v) is 8.41. The van der Waals surface area contributed by atoms with Crippen molar-refractivity contribution < 1.29 is 14.7 Å². The summed E-state index contributed by atoms with van der Waals surface area (Å²) < 4.78 is 3.32. The van der Waals surface area contributed by atoms with Crippen molar-refractivity contribution in [1.29, 1.82) is 0 Å². The van der Waals surface area contributed by atoms with Crippen LogP contribution in [0.15, 0.2) is 18.6 Å². The largest absolute Gasteiger partial charge is 0.476 e. The first-order chi connectivity index (χ1) is 11.9. The second kappa shape index (κ2) is 7.04. The molecule has 0 aromatic carbocycles.